The first kappa shape index (κ1) is 68.1. The fraction of sp³-hybridized carbons (Fsp3) is 0.800. The molecule has 6 heteroatoms. The monoisotopic (exact) mass is 993 g/mol. The van der Waals surface area contributed by atoms with Crippen molar-refractivity contribution in [1.82, 2.24) is 0 Å². The van der Waals surface area contributed by atoms with Gasteiger partial charge in [0.25, 0.3) is 0 Å². The van der Waals surface area contributed by atoms with E-state index in [1.165, 1.54) is 180 Å². The predicted octanol–water partition coefficient (Wildman–Crippen LogP) is 20.8. The standard InChI is InChI=1S/C65H116O6/c1-4-7-10-13-16-19-22-25-28-30-31-32-33-34-35-36-38-40-43-46-49-52-55-58-64(67)70-61-62(60-69-63(66)57-54-51-48-45-42-39-27-24-21-18-15-12-9-6-3)71-65(68)59-56-53-50-47-44-41-37-29-26-23-20-17-14-11-8-5-2/h7,10,16,19,25,28,31-32,34-35,62H,4-6,8-9,11-15,17-18,20-24,26-27,29-30,33,36-61H2,1-3H3/b10-7-,19-16-,28-25-,32-31-,35-34-. The largest absolute Gasteiger partial charge is 0.462 e. The minimum absolute atomic E-state index is 0.0729. The maximum Gasteiger partial charge on any atom is 0.306 e. The van der Waals surface area contributed by atoms with E-state index in [1.807, 2.05) is 0 Å². The van der Waals surface area contributed by atoms with Gasteiger partial charge in [0.05, 0.1) is 0 Å². The lowest BCUT2D eigenvalue weighted by Gasteiger charge is -2.18. The van der Waals surface area contributed by atoms with Gasteiger partial charge in [0, 0.05) is 19.3 Å². The van der Waals surface area contributed by atoms with Crippen LogP contribution in [0.2, 0.25) is 0 Å². The molecule has 0 heterocycles. The van der Waals surface area contributed by atoms with Crippen LogP contribution in [0.3, 0.4) is 0 Å². The van der Waals surface area contributed by atoms with Gasteiger partial charge >= 0.3 is 17.9 Å². The lowest BCUT2D eigenvalue weighted by molar-refractivity contribution is -0.167. The van der Waals surface area contributed by atoms with Crippen molar-refractivity contribution in [3.63, 3.8) is 0 Å². The minimum atomic E-state index is -0.776. The fourth-order valence-corrected chi connectivity index (χ4v) is 8.94. The number of hydrogen-bond acceptors (Lipinski definition) is 6. The van der Waals surface area contributed by atoms with Crippen LogP contribution in [0.1, 0.15) is 316 Å². The molecule has 71 heavy (non-hydrogen) atoms. The molecule has 1 atom stereocenters. The van der Waals surface area contributed by atoms with Gasteiger partial charge in [0.2, 0.25) is 0 Å². The Balaban J connectivity index is 4.33. The second-order valence-corrected chi connectivity index (χ2v) is 20.6. The van der Waals surface area contributed by atoms with E-state index in [0.717, 1.165) is 96.3 Å². The van der Waals surface area contributed by atoms with Gasteiger partial charge in [-0.05, 0) is 64.2 Å². The minimum Gasteiger partial charge on any atom is -0.462 e. The first-order valence-electron chi connectivity index (χ1n) is 30.8. The molecule has 0 fully saturated rings. The normalized spacial score (nSPS) is 12.4. The highest BCUT2D eigenvalue weighted by molar-refractivity contribution is 5.71. The topological polar surface area (TPSA) is 78.9 Å². The van der Waals surface area contributed by atoms with E-state index in [2.05, 4.69) is 81.5 Å². The molecule has 1 unspecified atom stereocenters. The molecule has 412 valence electrons. The Morgan fingerprint density at radius 2 is 0.549 bits per heavy atom. The number of ether oxygens (including phenoxy) is 3. The van der Waals surface area contributed by atoms with Crippen LogP contribution >= 0.6 is 0 Å². The van der Waals surface area contributed by atoms with Crippen LogP contribution in [0.15, 0.2) is 60.8 Å². The third-order valence-electron chi connectivity index (χ3n) is 13.5. The summed E-state index contributed by atoms with van der Waals surface area (Å²) in [6, 6.07) is 0. The van der Waals surface area contributed by atoms with Gasteiger partial charge in [-0.25, -0.2) is 0 Å². The van der Waals surface area contributed by atoms with E-state index < -0.39 is 6.10 Å². The van der Waals surface area contributed by atoms with Gasteiger partial charge in [-0.2, -0.15) is 0 Å². The smallest absolute Gasteiger partial charge is 0.306 e. The molecule has 0 aromatic rings. The number of allylic oxidation sites excluding steroid dienone is 10. The fourth-order valence-electron chi connectivity index (χ4n) is 8.94. The second kappa shape index (κ2) is 59.7. The average molecular weight is 994 g/mol. The summed E-state index contributed by atoms with van der Waals surface area (Å²) in [6.45, 7) is 6.56. The van der Waals surface area contributed by atoms with Crippen LogP contribution in [-0.4, -0.2) is 37.2 Å². The van der Waals surface area contributed by atoms with Gasteiger partial charge in [-0.15, -0.1) is 0 Å². The number of unbranched alkanes of at least 4 members (excludes halogenated alkanes) is 35. The Hall–Kier alpha value is -2.89. The van der Waals surface area contributed by atoms with E-state index in [-0.39, 0.29) is 31.1 Å². The number of carbonyl (C=O) groups is 3. The maximum absolute atomic E-state index is 12.9. The first-order valence-corrected chi connectivity index (χ1v) is 30.8. The van der Waals surface area contributed by atoms with Crippen LogP contribution in [-0.2, 0) is 28.6 Å². The second-order valence-electron chi connectivity index (χ2n) is 20.6. The molecule has 0 spiro atoms. The molecule has 0 saturated heterocycles. The van der Waals surface area contributed by atoms with Crippen LogP contribution in [0.5, 0.6) is 0 Å². The lowest BCUT2D eigenvalue weighted by atomic mass is 10.0. The summed E-state index contributed by atoms with van der Waals surface area (Å²) in [4.78, 5) is 38.2. The van der Waals surface area contributed by atoms with Gasteiger partial charge in [0.1, 0.15) is 13.2 Å². The predicted molar refractivity (Wildman–Crippen MR) is 307 cm³/mol. The molecule has 0 rings (SSSR count). The van der Waals surface area contributed by atoms with Crippen molar-refractivity contribution in [2.45, 2.75) is 322 Å². The van der Waals surface area contributed by atoms with Crippen molar-refractivity contribution in [3.05, 3.63) is 60.8 Å². The summed E-state index contributed by atoms with van der Waals surface area (Å²) in [6.07, 6.45) is 75.0. The SMILES string of the molecule is CC/C=C\C/C=C\C/C=C\C/C=C\C/C=C\CCCCCCCCCC(=O)OCC(COC(=O)CCCCCCCCCCCCCCCC)OC(=O)CCCCCCCCCCCCCCCCCC. The van der Waals surface area contributed by atoms with E-state index in [0.29, 0.717) is 19.3 Å². The van der Waals surface area contributed by atoms with Crippen LogP contribution in [0, 0.1) is 0 Å². The van der Waals surface area contributed by atoms with Gasteiger partial charge < -0.3 is 14.2 Å². The molecule has 6 nitrogen and oxygen atoms in total. The number of carbonyl (C=O) groups excluding carboxylic acids is 3. The van der Waals surface area contributed by atoms with Gasteiger partial charge in [0.15, 0.2) is 6.10 Å². The Morgan fingerprint density at radius 3 is 0.859 bits per heavy atom. The summed E-state index contributed by atoms with van der Waals surface area (Å²) >= 11 is 0. The number of esters is 3. The zero-order valence-electron chi connectivity index (χ0n) is 47.2. The zero-order valence-corrected chi connectivity index (χ0v) is 47.2. The van der Waals surface area contributed by atoms with Crippen molar-refractivity contribution < 1.29 is 28.6 Å². The van der Waals surface area contributed by atoms with Crippen LogP contribution in [0.25, 0.3) is 0 Å². The summed E-state index contributed by atoms with van der Waals surface area (Å²) in [5, 5.41) is 0. The van der Waals surface area contributed by atoms with Crippen molar-refractivity contribution in [3.8, 4) is 0 Å². The molecule has 0 aliphatic rings. The molecule has 0 aliphatic carbocycles. The average Bonchev–Trinajstić information content (AvgIpc) is 3.37. The molecule has 0 N–H and O–H groups in total. The first-order chi connectivity index (χ1) is 35.0. The van der Waals surface area contributed by atoms with E-state index in [4.69, 9.17) is 14.2 Å². The van der Waals surface area contributed by atoms with Gasteiger partial charge in [-0.3, -0.25) is 14.4 Å². The Morgan fingerprint density at radius 1 is 0.296 bits per heavy atom. The third-order valence-corrected chi connectivity index (χ3v) is 13.5. The highest BCUT2D eigenvalue weighted by atomic mass is 16.6. The third kappa shape index (κ3) is 57.9. The highest BCUT2D eigenvalue weighted by Crippen LogP contribution is 2.17. The van der Waals surface area contributed by atoms with Crippen molar-refractivity contribution >= 4 is 17.9 Å². The Bertz CT molecular complexity index is 1280. The molecule has 0 radical (unpaired) electrons. The molecule has 0 aliphatic heterocycles. The van der Waals surface area contributed by atoms with Crippen LogP contribution in [0.4, 0.5) is 0 Å². The van der Waals surface area contributed by atoms with E-state index in [9.17, 15) is 14.4 Å². The quantitative estimate of drug-likeness (QED) is 0.0261. The molecular formula is C65H116O6. The summed E-state index contributed by atoms with van der Waals surface area (Å²) < 4.78 is 16.9. The molecule has 0 aromatic carbocycles. The highest BCUT2D eigenvalue weighted by Gasteiger charge is 2.19. The summed E-state index contributed by atoms with van der Waals surface area (Å²) in [5.74, 6) is -0.866. The number of hydrogen-bond donors (Lipinski definition) is 0. The summed E-state index contributed by atoms with van der Waals surface area (Å²) in [7, 11) is 0. The molecule has 0 aromatic heterocycles. The molecule has 0 amide bonds. The maximum atomic E-state index is 12.9. The Kier molecular flexibility index (Phi) is 57.2. The van der Waals surface area contributed by atoms with Crippen molar-refractivity contribution in [1.29, 1.82) is 0 Å². The lowest BCUT2D eigenvalue weighted by Crippen LogP contribution is -2.30. The number of rotatable bonds is 56. The van der Waals surface area contributed by atoms with Crippen LogP contribution < -0.4 is 0 Å². The summed E-state index contributed by atoms with van der Waals surface area (Å²) in [5.41, 5.74) is 0. The molecular weight excluding hydrogens is 877 g/mol. The van der Waals surface area contributed by atoms with E-state index >= 15 is 0 Å². The Labute approximate surface area is 440 Å². The molecule has 0 bridgehead atoms. The molecule has 0 saturated carbocycles. The zero-order chi connectivity index (χ0) is 51.4. The van der Waals surface area contributed by atoms with Crippen molar-refractivity contribution in [2.75, 3.05) is 13.2 Å². The van der Waals surface area contributed by atoms with Gasteiger partial charge in [-0.1, -0.05) is 293 Å². The van der Waals surface area contributed by atoms with Crippen molar-refractivity contribution in [2.24, 2.45) is 0 Å². The van der Waals surface area contributed by atoms with E-state index in [1.54, 1.807) is 0 Å².